The second-order valence-electron chi connectivity index (χ2n) is 7.39. The molecule has 2 amide bonds. The third kappa shape index (κ3) is 1.78. The van der Waals surface area contributed by atoms with Crippen molar-refractivity contribution in [2.45, 2.75) is 19.0 Å². The molecule has 0 unspecified atom stereocenters. The standard InChI is InChI=1S/C18H13ClF3NO2/c19-12-4-1-8(7-11(12)18(20,21)22)23-15(24)13-9-2-3-10(14(13)16(23)25)17(9)5-6-17/h1-4,7,9-10,13-14H,5-6H2/t9-,10+,13-,14+. The fourth-order valence-electron chi connectivity index (χ4n) is 5.20. The Bertz CT molecular complexity index is 824. The largest absolute Gasteiger partial charge is 0.417 e. The van der Waals surface area contributed by atoms with Crippen LogP contribution in [0, 0.1) is 29.1 Å². The van der Waals surface area contributed by atoms with E-state index in [-0.39, 0.29) is 34.8 Å². The van der Waals surface area contributed by atoms with Gasteiger partial charge < -0.3 is 0 Å². The summed E-state index contributed by atoms with van der Waals surface area (Å²) >= 11 is 5.64. The van der Waals surface area contributed by atoms with Gasteiger partial charge in [0.1, 0.15) is 0 Å². The molecule has 3 fully saturated rings. The molecule has 1 heterocycles. The van der Waals surface area contributed by atoms with Gasteiger partial charge >= 0.3 is 6.18 Å². The first-order valence-corrected chi connectivity index (χ1v) is 8.56. The van der Waals surface area contributed by atoms with Gasteiger partial charge in [-0.2, -0.15) is 13.2 Å². The first-order valence-electron chi connectivity index (χ1n) is 8.18. The van der Waals surface area contributed by atoms with Crippen LogP contribution in [0.5, 0.6) is 0 Å². The molecule has 1 aromatic carbocycles. The predicted molar refractivity (Wildman–Crippen MR) is 83.7 cm³/mol. The number of halogens is 4. The van der Waals surface area contributed by atoms with Crippen molar-refractivity contribution in [1.29, 1.82) is 0 Å². The zero-order valence-corrected chi connectivity index (χ0v) is 13.6. The van der Waals surface area contributed by atoms with Gasteiger partial charge in [-0.05, 0) is 48.3 Å². The van der Waals surface area contributed by atoms with Gasteiger partial charge in [0.25, 0.3) is 0 Å². The summed E-state index contributed by atoms with van der Waals surface area (Å²) in [5.41, 5.74) is -1.03. The maximum atomic E-state index is 13.1. The highest BCUT2D eigenvalue weighted by atomic mass is 35.5. The number of rotatable bonds is 1. The quantitative estimate of drug-likeness (QED) is 0.554. The smallest absolute Gasteiger partial charge is 0.274 e. The van der Waals surface area contributed by atoms with Crippen LogP contribution in [-0.4, -0.2) is 11.8 Å². The topological polar surface area (TPSA) is 37.4 Å². The number of hydrogen-bond donors (Lipinski definition) is 0. The third-order valence-electron chi connectivity index (χ3n) is 6.37. The van der Waals surface area contributed by atoms with E-state index in [1.54, 1.807) is 0 Å². The van der Waals surface area contributed by atoms with Gasteiger partial charge in [-0.3, -0.25) is 14.5 Å². The summed E-state index contributed by atoms with van der Waals surface area (Å²) in [5, 5.41) is -0.450. The summed E-state index contributed by atoms with van der Waals surface area (Å²) in [7, 11) is 0. The first-order chi connectivity index (χ1) is 11.8. The summed E-state index contributed by atoms with van der Waals surface area (Å²) in [5.74, 6) is -1.55. The van der Waals surface area contributed by atoms with Crippen molar-refractivity contribution in [3.63, 3.8) is 0 Å². The summed E-state index contributed by atoms with van der Waals surface area (Å²) in [6, 6.07) is 3.18. The van der Waals surface area contributed by atoms with E-state index in [0.29, 0.717) is 0 Å². The molecule has 1 saturated heterocycles. The van der Waals surface area contributed by atoms with Gasteiger partial charge in [0, 0.05) is 0 Å². The highest BCUT2D eigenvalue weighted by molar-refractivity contribution is 6.31. The number of carbonyl (C=O) groups excluding carboxylic acids is 2. The zero-order valence-electron chi connectivity index (χ0n) is 12.9. The summed E-state index contributed by atoms with van der Waals surface area (Å²) in [6.07, 6.45) is 1.44. The summed E-state index contributed by atoms with van der Waals surface area (Å²) in [4.78, 5) is 26.7. The molecule has 130 valence electrons. The molecule has 1 aromatic rings. The predicted octanol–water partition coefficient (Wildman–Crippen LogP) is 4.06. The molecule has 0 N–H and O–H groups in total. The molecule has 0 aromatic heterocycles. The number of carbonyl (C=O) groups is 2. The number of benzene rings is 1. The molecule has 2 bridgehead atoms. The van der Waals surface area contributed by atoms with Crippen LogP contribution in [-0.2, 0) is 15.8 Å². The number of amides is 2. The monoisotopic (exact) mass is 367 g/mol. The minimum absolute atomic E-state index is 0.0401. The van der Waals surface area contributed by atoms with Crippen molar-refractivity contribution in [1.82, 2.24) is 0 Å². The molecule has 1 spiro atoms. The normalized spacial score (nSPS) is 34.3. The summed E-state index contributed by atoms with van der Waals surface area (Å²) < 4.78 is 39.3. The maximum absolute atomic E-state index is 13.1. The fraction of sp³-hybridized carbons (Fsp3) is 0.444. The molecule has 0 radical (unpaired) electrons. The van der Waals surface area contributed by atoms with Gasteiger partial charge in [-0.1, -0.05) is 23.8 Å². The molecular weight excluding hydrogens is 355 g/mol. The maximum Gasteiger partial charge on any atom is 0.417 e. The second-order valence-corrected chi connectivity index (χ2v) is 7.80. The zero-order chi connectivity index (χ0) is 17.7. The molecule has 1 aliphatic heterocycles. The van der Waals surface area contributed by atoms with Gasteiger partial charge in [0.05, 0.1) is 28.1 Å². The Labute approximate surface area is 146 Å². The van der Waals surface area contributed by atoms with Gasteiger partial charge in [-0.25, -0.2) is 0 Å². The second kappa shape index (κ2) is 4.47. The van der Waals surface area contributed by atoms with Crippen LogP contribution in [0.1, 0.15) is 18.4 Å². The Balaban J connectivity index is 1.56. The third-order valence-corrected chi connectivity index (χ3v) is 6.70. The molecule has 7 heteroatoms. The van der Waals surface area contributed by atoms with Crippen molar-refractivity contribution in [2.24, 2.45) is 29.1 Å². The average molecular weight is 368 g/mol. The van der Waals surface area contributed by atoms with Crippen molar-refractivity contribution in [3.05, 3.63) is 40.9 Å². The molecule has 3 nitrogen and oxygen atoms in total. The van der Waals surface area contributed by atoms with E-state index in [1.807, 2.05) is 12.2 Å². The van der Waals surface area contributed by atoms with Gasteiger partial charge in [-0.15, -0.1) is 0 Å². The van der Waals surface area contributed by atoms with Crippen LogP contribution in [0.25, 0.3) is 0 Å². The lowest BCUT2D eigenvalue weighted by Crippen LogP contribution is -2.34. The minimum atomic E-state index is -4.65. The van der Waals surface area contributed by atoms with E-state index in [2.05, 4.69) is 0 Å². The summed E-state index contributed by atoms with van der Waals surface area (Å²) in [6.45, 7) is 0. The number of hydrogen-bond acceptors (Lipinski definition) is 2. The van der Waals surface area contributed by atoms with Crippen LogP contribution in [0.4, 0.5) is 18.9 Å². The average Bonchev–Trinajstić information content (AvgIpc) is 3.13. The van der Waals surface area contributed by atoms with Crippen LogP contribution >= 0.6 is 11.6 Å². The number of alkyl halides is 3. The highest BCUT2D eigenvalue weighted by Gasteiger charge is 2.73. The van der Waals surface area contributed by atoms with Crippen LogP contribution in [0.3, 0.4) is 0 Å². The van der Waals surface area contributed by atoms with Crippen molar-refractivity contribution >= 4 is 29.1 Å². The molecular formula is C18H13ClF3NO2. The fourth-order valence-corrected chi connectivity index (χ4v) is 5.43. The lowest BCUT2D eigenvalue weighted by molar-refractivity contribution is -0.137. The van der Waals surface area contributed by atoms with E-state index in [1.165, 1.54) is 6.07 Å². The first kappa shape index (κ1) is 15.4. The lowest BCUT2D eigenvalue weighted by atomic mass is 9.85. The Morgan fingerprint density at radius 2 is 1.60 bits per heavy atom. The Kier molecular flexibility index (Phi) is 2.76. The highest BCUT2D eigenvalue weighted by Crippen LogP contribution is 2.73. The van der Waals surface area contributed by atoms with Crippen LogP contribution < -0.4 is 4.90 Å². The molecule has 2 saturated carbocycles. The Morgan fingerprint density at radius 1 is 1.04 bits per heavy atom. The Hall–Kier alpha value is -1.82. The molecule has 4 atom stereocenters. The van der Waals surface area contributed by atoms with E-state index in [4.69, 9.17) is 11.6 Å². The van der Waals surface area contributed by atoms with E-state index >= 15 is 0 Å². The van der Waals surface area contributed by atoms with Crippen LogP contribution in [0.15, 0.2) is 30.4 Å². The van der Waals surface area contributed by atoms with Crippen molar-refractivity contribution in [3.8, 4) is 0 Å². The minimum Gasteiger partial charge on any atom is -0.274 e. The number of allylic oxidation sites excluding steroid dienone is 2. The number of imide groups is 1. The molecule has 5 rings (SSSR count). The lowest BCUT2D eigenvalue weighted by Gasteiger charge is -2.22. The van der Waals surface area contributed by atoms with Crippen LogP contribution in [0.2, 0.25) is 5.02 Å². The SMILES string of the molecule is O=C1[C@@H]2[C@H](C(=O)N1c1ccc(Cl)c(C(F)(F)F)c1)[C@H]1C=C[C@@H]2C12CC2. The Morgan fingerprint density at radius 3 is 2.08 bits per heavy atom. The van der Waals surface area contributed by atoms with E-state index in [9.17, 15) is 22.8 Å². The van der Waals surface area contributed by atoms with E-state index < -0.39 is 28.6 Å². The van der Waals surface area contributed by atoms with Crippen molar-refractivity contribution < 1.29 is 22.8 Å². The molecule has 25 heavy (non-hydrogen) atoms. The number of fused-ring (bicyclic) bond motifs is 3. The van der Waals surface area contributed by atoms with Gasteiger partial charge in [0.15, 0.2) is 0 Å². The van der Waals surface area contributed by atoms with Gasteiger partial charge in [0.2, 0.25) is 11.8 Å². The number of anilines is 1. The van der Waals surface area contributed by atoms with E-state index in [0.717, 1.165) is 29.9 Å². The van der Waals surface area contributed by atoms with Crippen molar-refractivity contribution in [2.75, 3.05) is 4.90 Å². The molecule has 4 aliphatic rings. The number of nitrogens with zero attached hydrogens (tertiary/aromatic N) is 1. The molecule has 3 aliphatic carbocycles.